The number of likely N-dealkylation sites (tertiary alicyclic amines) is 1. The van der Waals surface area contributed by atoms with Crippen LogP contribution in [0, 0.1) is 16.7 Å². The Bertz CT molecular complexity index is 900. The lowest BCUT2D eigenvalue weighted by atomic mass is 9.66. The van der Waals surface area contributed by atoms with E-state index in [-0.39, 0.29) is 29.4 Å². The van der Waals surface area contributed by atoms with Crippen LogP contribution in [-0.2, 0) is 9.53 Å². The van der Waals surface area contributed by atoms with Crippen molar-refractivity contribution in [2.45, 2.75) is 71.8 Å². The molecule has 0 aromatic heterocycles. The first-order chi connectivity index (χ1) is 14.6. The van der Waals surface area contributed by atoms with Gasteiger partial charge in [-0.05, 0) is 49.3 Å². The zero-order valence-corrected chi connectivity index (χ0v) is 19.8. The molecule has 2 bridgehead atoms. The highest BCUT2D eigenvalue weighted by atomic mass is 16.6. The fourth-order valence-corrected chi connectivity index (χ4v) is 5.88. The molecule has 1 aromatic carbocycles. The molecule has 168 valence electrons. The zero-order chi connectivity index (χ0) is 22.6. The van der Waals surface area contributed by atoms with Crippen molar-refractivity contribution in [1.82, 2.24) is 4.90 Å². The number of hydrogen-bond acceptors (Lipinski definition) is 4. The summed E-state index contributed by atoms with van der Waals surface area (Å²) in [5.74, 6) is 1.33. The minimum absolute atomic E-state index is 0.129. The standard InChI is InChI=1S/C26H36N2O3/c1-8-14-25-16-26(28(9-2)23(25)29)21(27-22(31-26)24(4,5)6)15-20(17(25)3)18-10-12-19(30-7)13-11-18/h8,10-13,17,20,22H,1,9,14-16H2,2-7H3/t17-,20+,22-,25+,26+/m1/s1. The number of allylic oxidation sites excluding steroid dienone is 1. The molecule has 1 amide bonds. The van der Waals surface area contributed by atoms with E-state index in [9.17, 15) is 4.79 Å². The second-order valence-corrected chi connectivity index (χ2v) is 10.4. The highest BCUT2D eigenvalue weighted by Crippen LogP contribution is 2.60. The van der Waals surface area contributed by atoms with Crippen molar-refractivity contribution < 1.29 is 14.3 Å². The molecule has 31 heavy (non-hydrogen) atoms. The van der Waals surface area contributed by atoms with Gasteiger partial charge in [0, 0.05) is 18.4 Å². The van der Waals surface area contributed by atoms with E-state index in [4.69, 9.17) is 14.5 Å². The monoisotopic (exact) mass is 424 g/mol. The predicted octanol–water partition coefficient (Wildman–Crippen LogP) is 5.17. The normalized spacial score (nSPS) is 34.9. The average Bonchev–Trinajstić information content (AvgIpc) is 3.18. The SMILES string of the molecule is C=CC[C@]12C[C@@]3(O[C@H](C(C)(C)C)N=C3C[C@H](c3ccc(OC)cc3)[C@H]1C)N(CC)C2=O. The van der Waals surface area contributed by atoms with Gasteiger partial charge in [0.05, 0.1) is 18.2 Å². The second kappa shape index (κ2) is 7.47. The molecule has 1 saturated heterocycles. The van der Waals surface area contributed by atoms with Crippen molar-refractivity contribution >= 4 is 11.6 Å². The number of hydrogen-bond donors (Lipinski definition) is 0. The van der Waals surface area contributed by atoms with E-state index in [1.807, 2.05) is 30.0 Å². The maximum absolute atomic E-state index is 14.0. The van der Waals surface area contributed by atoms with Crippen LogP contribution in [0.2, 0.25) is 0 Å². The van der Waals surface area contributed by atoms with Crippen molar-refractivity contribution in [1.29, 1.82) is 0 Å². The third-order valence-corrected chi connectivity index (χ3v) is 7.69. The topological polar surface area (TPSA) is 51.1 Å². The quantitative estimate of drug-likeness (QED) is 0.613. The third kappa shape index (κ3) is 3.15. The molecule has 0 unspecified atom stereocenters. The van der Waals surface area contributed by atoms with Crippen LogP contribution < -0.4 is 4.74 Å². The van der Waals surface area contributed by atoms with Gasteiger partial charge in [-0.1, -0.05) is 45.9 Å². The first kappa shape index (κ1) is 22.1. The highest BCUT2D eigenvalue weighted by Gasteiger charge is 2.68. The largest absolute Gasteiger partial charge is 0.497 e. The average molecular weight is 425 g/mol. The summed E-state index contributed by atoms with van der Waals surface area (Å²) in [7, 11) is 1.68. The minimum Gasteiger partial charge on any atom is -0.497 e. The Labute approximate surface area is 186 Å². The maximum atomic E-state index is 14.0. The van der Waals surface area contributed by atoms with Crippen molar-refractivity contribution in [3.8, 4) is 5.75 Å². The van der Waals surface area contributed by atoms with Gasteiger partial charge in [0.1, 0.15) is 5.75 Å². The Morgan fingerprint density at radius 3 is 2.55 bits per heavy atom. The summed E-state index contributed by atoms with van der Waals surface area (Å²) in [4.78, 5) is 21.1. The molecule has 1 saturated carbocycles. The van der Waals surface area contributed by atoms with Gasteiger partial charge < -0.3 is 14.4 Å². The molecule has 1 aromatic rings. The number of benzene rings is 1. The molecular weight excluding hydrogens is 388 g/mol. The molecule has 2 fully saturated rings. The molecule has 2 aliphatic heterocycles. The summed E-state index contributed by atoms with van der Waals surface area (Å²) in [5.41, 5.74) is 0.839. The third-order valence-electron chi connectivity index (χ3n) is 7.69. The Morgan fingerprint density at radius 2 is 2.00 bits per heavy atom. The summed E-state index contributed by atoms with van der Waals surface area (Å²) >= 11 is 0. The number of nitrogens with zero attached hydrogens (tertiary/aromatic N) is 2. The number of amides is 1. The Balaban J connectivity index is 1.87. The molecule has 0 radical (unpaired) electrons. The van der Waals surface area contributed by atoms with Gasteiger partial charge in [-0.25, -0.2) is 0 Å². The van der Waals surface area contributed by atoms with Crippen LogP contribution in [0.15, 0.2) is 41.9 Å². The van der Waals surface area contributed by atoms with E-state index >= 15 is 0 Å². The van der Waals surface area contributed by atoms with Gasteiger partial charge in [0.25, 0.3) is 0 Å². The number of fused-ring (bicyclic) bond motifs is 1. The summed E-state index contributed by atoms with van der Waals surface area (Å²) in [6, 6.07) is 8.28. The van der Waals surface area contributed by atoms with Crippen LogP contribution in [0.4, 0.5) is 0 Å². The number of methoxy groups -OCH3 is 1. The maximum Gasteiger partial charge on any atom is 0.232 e. The lowest BCUT2D eigenvalue weighted by molar-refractivity contribution is -0.157. The first-order valence-corrected chi connectivity index (χ1v) is 11.4. The van der Waals surface area contributed by atoms with Crippen molar-refractivity contribution in [3.63, 3.8) is 0 Å². The molecule has 0 N–H and O–H groups in total. The minimum atomic E-state index is -0.734. The Morgan fingerprint density at radius 1 is 1.32 bits per heavy atom. The fourth-order valence-electron chi connectivity index (χ4n) is 5.88. The molecule has 5 nitrogen and oxygen atoms in total. The molecule has 1 aliphatic carbocycles. The summed E-state index contributed by atoms with van der Waals surface area (Å²) < 4.78 is 12.1. The summed E-state index contributed by atoms with van der Waals surface area (Å²) in [6.07, 6.45) is 3.74. The number of carbonyl (C=O) groups excluding carboxylic acids is 1. The van der Waals surface area contributed by atoms with Crippen molar-refractivity contribution in [2.24, 2.45) is 21.7 Å². The summed E-state index contributed by atoms with van der Waals surface area (Å²) in [5, 5.41) is 0. The van der Waals surface area contributed by atoms with Gasteiger partial charge in [-0.15, -0.1) is 6.58 Å². The van der Waals surface area contributed by atoms with Gasteiger partial charge in [0.15, 0.2) is 12.0 Å². The van der Waals surface area contributed by atoms with Gasteiger partial charge >= 0.3 is 0 Å². The molecular formula is C26H36N2O3. The number of rotatable bonds is 5. The van der Waals surface area contributed by atoms with Crippen molar-refractivity contribution in [2.75, 3.05) is 13.7 Å². The Hall–Kier alpha value is -2.14. The number of ether oxygens (including phenoxy) is 2. The first-order valence-electron chi connectivity index (χ1n) is 11.4. The van der Waals surface area contributed by atoms with E-state index in [2.05, 4.69) is 46.4 Å². The molecule has 4 rings (SSSR count). The fraction of sp³-hybridized carbons (Fsp3) is 0.615. The summed E-state index contributed by atoms with van der Waals surface area (Å²) in [6.45, 7) is 15.4. The van der Waals surface area contributed by atoms with E-state index in [0.29, 0.717) is 19.4 Å². The predicted molar refractivity (Wildman–Crippen MR) is 123 cm³/mol. The van der Waals surface area contributed by atoms with E-state index in [1.165, 1.54) is 5.56 Å². The Kier molecular flexibility index (Phi) is 5.32. The molecule has 5 heteroatoms. The molecule has 3 aliphatic rings. The highest BCUT2D eigenvalue weighted by molar-refractivity contribution is 6.02. The lowest BCUT2D eigenvalue weighted by Gasteiger charge is -2.39. The number of carbonyl (C=O) groups is 1. The molecule has 2 heterocycles. The van der Waals surface area contributed by atoms with E-state index < -0.39 is 11.1 Å². The van der Waals surface area contributed by atoms with Crippen LogP contribution in [0.25, 0.3) is 0 Å². The van der Waals surface area contributed by atoms with Crippen molar-refractivity contribution in [3.05, 3.63) is 42.5 Å². The smallest absolute Gasteiger partial charge is 0.232 e. The van der Waals surface area contributed by atoms with Crippen LogP contribution >= 0.6 is 0 Å². The number of aliphatic imine (C=N–C) groups is 1. The molecule has 5 atom stereocenters. The lowest BCUT2D eigenvalue weighted by Crippen LogP contribution is -2.53. The van der Waals surface area contributed by atoms with Crippen LogP contribution in [0.1, 0.15) is 65.4 Å². The zero-order valence-electron chi connectivity index (χ0n) is 19.8. The van der Waals surface area contributed by atoms with Gasteiger partial charge in [-0.3, -0.25) is 9.79 Å². The van der Waals surface area contributed by atoms with E-state index in [1.54, 1.807) is 7.11 Å². The van der Waals surface area contributed by atoms with Gasteiger partial charge in [-0.2, -0.15) is 0 Å². The molecule has 1 spiro atoms. The van der Waals surface area contributed by atoms with Crippen LogP contribution in [0.5, 0.6) is 5.75 Å². The second-order valence-electron chi connectivity index (χ2n) is 10.4. The van der Waals surface area contributed by atoms with Crippen LogP contribution in [-0.4, -0.2) is 42.1 Å². The van der Waals surface area contributed by atoms with Gasteiger partial charge in [0.2, 0.25) is 5.91 Å². The van der Waals surface area contributed by atoms with Crippen LogP contribution in [0.3, 0.4) is 0 Å². The van der Waals surface area contributed by atoms with E-state index in [0.717, 1.165) is 17.9 Å².